The number of carbonyl (C=O) groups is 1. The predicted molar refractivity (Wildman–Crippen MR) is 94.9 cm³/mol. The lowest BCUT2D eigenvalue weighted by Crippen LogP contribution is -2.26. The Labute approximate surface area is 148 Å². The van der Waals surface area contributed by atoms with Gasteiger partial charge in [-0.1, -0.05) is 18.2 Å². The Morgan fingerprint density at radius 2 is 2.00 bits per heavy atom. The lowest BCUT2D eigenvalue weighted by Gasteiger charge is -2.17. The van der Waals surface area contributed by atoms with E-state index in [-0.39, 0.29) is 12.7 Å². The molecular formula is C20H23NO4. The van der Waals surface area contributed by atoms with Crippen molar-refractivity contribution in [1.82, 2.24) is 4.90 Å². The van der Waals surface area contributed by atoms with E-state index in [9.17, 15) is 4.79 Å². The normalized spacial score (nSPS) is 12.1. The second kappa shape index (κ2) is 7.92. The summed E-state index contributed by atoms with van der Waals surface area (Å²) in [4.78, 5) is 14.0. The highest BCUT2D eigenvalue weighted by Crippen LogP contribution is 2.32. The molecule has 2 aromatic carbocycles. The largest absolute Gasteiger partial charge is 0.494 e. The van der Waals surface area contributed by atoms with Gasteiger partial charge in [-0.2, -0.15) is 0 Å². The fourth-order valence-electron chi connectivity index (χ4n) is 2.71. The van der Waals surface area contributed by atoms with E-state index in [0.717, 1.165) is 28.4 Å². The number of ether oxygens (including phenoxy) is 3. The van der Waals surface area contributed by atoms with Crippen molar-refractivity contribution in [2.75, 3.05) is 20.4 Å². The SMILES string of the molecule is Cc1cccc(OCCCC(=O)N(C)Cc2ccc3c(c2)OCO3)c1. The Balaban J connectivity index is 1.42. The summed E-state index contributed by atoms with van der Waals surface area (Å²) in [5, 5.41) is 0. The molecule has 3 rings (SSSR count). The molecule has 0 aromatic heterocycles. The van der Waals surface area contributed by atoms with Gasteiger partial charge in [-0.15, -0.1) is 0 Å². The van der Waals surface area contributed by atoms with Crippen molar-refractivity contribution in [2.45, 2.75) is 26.3 Å². The zero-order valence-electron chi connectivity index (χ0n) is 14.7. The van der Waals surface area contributed by atoms with Crippen molar-refractivity contribution < 1.29 is 19.0 Å². The molecule has 2 aromatic rings. The van der Waals surface area contributed by atoms with E-state index in [2.05, 4.69) is 0 Å². The van der Waals surface area contributed by atoms with E-state index < -0.39 is 0 Å². The van der Waals surface area contributed by atoms with Gasteiger partial charge in [0.2, 0.25) is 12.7 Å². The van der Waals surface area contributed by atoms with Crippen LogP contribution >= 0.6 is 0 Å². The van der Waals surface area contributed by atoms with Crippen molar-refractivity contribution in [3.05, 3.63) is 53.6 Å². The summed E-state index contributed by atoms with van der Waals surface area (Å²) in [7, 11) is 1.81. The topological polar surface area (TPSA) is 48.0 Å². The highest BCUT2D eigenvalue weighted by atomic mass is 16.7. The number of aryl methyl sites for hydroxylation is 1. The van der Waals surface area contributed by atoms with Crippen LogP contribution in [0.15, 0.2) is 42.5 Å². The van der Waals surface area contributed by atoms with Gasteiger partial charge in [-0.25, -0.2) is 0 Å². The minimum absolute atomic E-state index is 0.102. The summed E-state index contributed by atoms with van der Waals surface area (Å²) in [6.45, 7) is 3.37. The molecule has 0 atom stereocenters. The van der Waals surface area contributed by atoms with Crippen LogP contribution < -0.4 is 14.2 Å². The predicted octanol–water partition coefficient (Wildman–Crippen LogP) is 3.54. The van der Waals surface area contributed by atoms with E-state index in [4.69, 9.17) is 14.2 Å². The number of amides is 1. The van der Waals surface area contributed by atoms with Gasteiger partial charge < -0.3 is 19.1 Å². The van der Waals surface area contributed by atoms with Crippen LogP contribution in [0.5, 0.6) is 17.2 Å². The van der Waals surface area contributed by atoms with Gasteiger partial charge in [0.05, 0.1) is 6.61 Å². The quantitative estimate of drug-likeness (QED) is 0.723. The van der Waals surface area contributed by atoms with Crippen molar-refractivity contribution in [1.29, 1.82) is 0 Å². The molecule has 1 heterocycles. The van der Waals surface area contributed by atoms with Gasteiger partial charge in [0, 0.05) is 20.0 Å². The zero-order chi connectivity index (χ0) is 17.6. The average Bonchev–Trinajstić information content (AvgIpc) is 3.06. The molecule has 0 bridgehead atoms. The number of hydrogen-bond acceptors (Lipinski definition) is 4. The fourth-order valence-corrected chi connectivity index (χ4v) is 2.71. The van der Waals surface area contributed by atoms with Crippen LogP contribution in [-0.4, -0.2) is 31.3 Å². The lowest BCUT2D eigenvalue weighted by molar-refractivity contribution is -0.130. The standard InChI is InChI=1S/C20H23NO4/c1-15-5-3-6-17(11-15)23-10-4-7-20(22)21(2)13-16-8-9-18-19(12-16)25-14-24-18/h3,5-6,8-9,11-12H,4,7,10,13-14H2,1-2H3. The molecule has 0 N–H and O–H groups in total. The maximum absolute atomic E-state index is 12.3. The van der Waals surface area contributed by atoms with Crippen LogP contribution in [0.2, 0.25) is 0 Å². The Bertz CT molecular complexity index is 744. The van der Waals surface area contributed by atoms with Crippen LogP contribution in [0.3, 0.4) is 0 Å². The monoisotopic (exact) mass is 341 g/mol. The van der Waals surface area contributed by atoms with Crippen molar-refractivity contribution in [3.63, 3.8) is 0 Å². The third-order valence-electron chi connectivity index (χ3n) is 4.08. The summed E-state index contributed by atoms with van der Waals surface area (Å²) < 4.78 is 16.4. The molecule has 0 spiro atoms. The molecule has 0 saturated carbocycles. The summed E-state index contributed by atoms with van der Waals surface area (Å²) >= 11 is 0. The Kier molecular flexibility index (Phi) is 5.43. The van der Waals surface area contributed by atoms with E-state index in [1.165, 1.54) is 0 Å². The number of hydrogen-bond donors (Lipinski definition) is 0. The van der Waals surface area contributed by atoms with Gasteiger partial charge in [0.15, 0.2) is 11.5 Å². The van der Waals surface area contributed by atoms with E-state index in [1.807, 2.05) is 56.4 Å². The molecular weight excluding hydrogens is 318 g/mol. The number of carbonyl (C=O) groups excluding carboxylic acids is 1. The third kappa shape index (κ3) is 4.66. The summed E-state index contributed by atoms with van der Waals surface area (Å²) in [5.41, 5.74) is 2.19. The smallest absolute Gasteiger partial charge is 0.231 e. The number of rotatable bonds is 7. The van der Waals surface area contributed by atoms with Crippen LogP contribution in [0, 0.1) is 6.92 Å². The highest BCUT2D eigenvalue weighted by Gasteiger charge is 2.15. The second-order valence-corrected chi connectivity index (χ2v) is 6.21. The highest BCUT2D eigenvalue weighted by molar-refractivity contribution is 5.75. The van der Waals surface area contributed by atoms with Gasteiger partial charge in [0.1, 0.15) is 5.75 Å². The zero-order valence-corrected chi connectivity index (χ0v) is 14.7. The Hall–Kier alpha value is -2.69. The molecule has 5 heteroatoms. The Morgan fingerprint density at radius 3 is 2.84 bits per heavy atom. The molecule has 1 amide bonds. The maximum Gasteiger partial charge on any atom is 0.231 e. The number of fused-ring (bicyclic) bond motifs is 1. The first-order chi connectivity index (χ1) is 12.1. The molecule has 5 nitrogen and oxygen atoms in total. The van der Waals surface area contributed by atoms with Crippen LogP contribution in [0.25, 0.3) is 0 Å². The van der Waals surface area contributed by atoms with E-state index in [0.29, 0.717) is 26.0 Å². The summed E-state index contributed by atoms with van der Waals surface area (Å²) in [6, 6.07) is 13.7. The lowest BCUT2D eigenvalue weighted by atomic mass is 10.2. The van der Waals surface area contributed by atoms with E-state index >= 15 is 0 Å². The van der Waals surface area contributed by atoms with Crippen molar-refractivity contribution >= 4 is 5.91 Å². The number of nitrogens with zero attached hydrogens (tertiary/aromatic N) is 1. The molecule has 0 unspecified atom stereocenters. The second-order valence-electron chi connectivity index (χ2n) is 6.21. The van der Waals surface area contributed by atoms with Gasteiger partial charge >= 0.3 is 0 Å². The first kappa shape index (κ1) is 17.1. The summed E-state index contributed by atoms with van der Waals surface area (Å²) in [6.07, 6.45) is 1.16. The molecule has 0 radical (unpaired) electrons. The molecule has 25 heavy (non-hydrogen) atoms. The minimum atomic E-state index is 0.102. The van der Waals surface area contributed by atoms with Crippen molar-refractivity contribution in [2.24, 2.45) is 0 Å². The maximum atomic E-state index is 12.3. The molecule has 0 fully saturated rings. The van der Waals surface area contributed by atoms with Crippen LogP contribution in [-0.2, 0) is 11.3 Å². The van der Waals surface area contributed by atoms with Gasteiger partial charge in [-0.3, -0.25) is 4.79 Å². The van der Waals surface area contributed by atoms with Crippen LogP contribution in [0.1, 0.15) is 24.0 Å². The van der Waals surface area contributed by atoms with Gasteiger partial charge in [-0.05, 0) is 48.7 Å². The fraction of sp³-hybridized carbons (Fsp3) is 0.350. The molecule has 0 aliphatic carbocycles. The average molecular weight is 341 g/mol. The summed E-state index contributed by atoms with van der Waals surface area (Å²) in [5.74, 6) is 2.45. The number of benzene rings is 2. The molecule has 0 saturated heterocycles. The van der Waals surface area contributed by atoms with Crippen molar-refractivity contribution in [3.8, 4) is 17.2 Å². The van der Waals surface area contributed by atoms with Crippen LogP contribution in [0.4, 0.5) is 0 Å². The van der Waals surface area contributed by atoms with E-state index in [1.54, 1.807) is 4.90 Å². The molecule has 1 aliphatic rings. The first-order valence-corrected chi connectivity index (χ1v) is 8.44. The molecule has 132 valence electrons. The first-order valence-electron chi connectivity index (χ1n) is 8.44. The molecule has 1 aliphatic heterocycles. The minimum Gasteiger partial charge on any atom is -0.494 e. The van der Waals surface area contributed by atoms with Gasteiger partial charge in [0.25, 0.3) is 0 Å². The third-order valence-corrected chi connectivity index (χ3v) is 4.08. The Morgan fingerprint density at radius 1 is 1.16 bits per heavy atom.